The van der Waals surface area contributed by atoms with E-state index in [-0.39, 0.29) is 12.1 Å². The second kappa shape index (κ2) is 7.32. The molecular weight excluding hydrogens is 316 g/mol. The van der Waals surface area contributed by atoms with Crippen LogP contribution in [-0.2, 0) is 20.9 Å². The van der Waals surface area contributed by atoms with E-state index < -0.39 is 35.2 Å². The molecule has 0 amide bonds. The quantitative estimate of drug-likeness (QED) is 0.342. The zero-order chi connectivity index (χ0) is 17.7. The number of ether oxygens (including phenoxy) is 1. The molecule has 0 saturated carbocycles. The molecule has 0 saturated heterocycles. The van der Waals surface area contributed by atoms with Crippen molar-refractivity contribution in [3.63, 3.8) is 0 Å². The van der Waals surface area contributed by atoms with Gasteiger partial charge in [0.2, 0.25) is 5.78 Å². The third-order valence-electron chi connectivity index (χ3n) is 3.24. The normalized spacial score (nSPS) is 10.2. The molecule has 24 heavy (non-hydrogen) atoms. The van der Waals surface area contributed by atoms with Gasteiger partial charge in [-0.05, 0) is 5.56 Å². The first-order chi connectivity index (χ1) is 11.4. The number of hydrogen-bond donors (Lipinski definition) is 1. The lowest BCUT2D eigenvalue weighted by molar-refractivity contribution is -0.151. The van der Waals surface area contributed by atoms with Gasteiger partial charge in [0.1, 0.15) is 0 Å². The largest absolute Gasteiger partial charge is 0.463 e. The maximum Gasteiger partial charge on any atom is 0.374 e. The van der Waals surface area contributed by atoms with Gasteiger partial charge in [0, 0.05) is 6.20 Å². The molecule has 1 aromatic heterocycles. The topological polar surface area (TPSA) is 115 Å². The molecule has 8 heteroatoms. The van der Waals surface area contributed by atoms with Crippen LogP contribution >= 0.6 is 0 Å². The van der Waals surface area contributed by atoms with E-state index in [1.165, 1.54) is 0 Å². The van der Waals surface area contributed by atoms with E-state index in [2.05, 4.69) is 4.74 Å². The van der Waals surface area contributed by atoms with Gasteiger partial charge in [0.15, 0.2) is 5.78 Å². The van der Waals surface area contributed by atoms with Crippen molar-refractivity contribution in [3.8, 4) is 0 Å². The number of Topliss-reactive ketones (excluding diaryl/α,β-unsaturated/α-hetero) is 2. The van der Waals surface area contributed by atoms with Crippen LogP contribution < -0.4 is 11.2 Å². The fourth-order valence-electron chi connectivity index (χ4n) is 2.03. The maximum atomic E-state index is 12.0. The van der Waals surface area contributed by atoms with Crippen LogP contribution in [0.2, 0.25) is 0 Å². The number of methoxy groups -OCH3 is 1. The van der Waals surface area contributed by atoms with Crippen molar-refractivity contribution in [1.82, 2.24) is 9.55 Å². The second-order valence-electron chi connectivity index (χ2n) is 4.93. The average Bonchev–Trinajstić information content (AvgIpc) is 2.57. The number of carbonyl (C=O) groups is 3. The Morgan fingerprint density at radius 1 is 1.12 bits per heavy atom. The summed E-state index contributed by atoms with van der Waals surface area (Å²) in [4.78, 5) is 60.2. The highest BCUT2D eigenvalue weighted by molar-refractivity contribution is 6.38. The van der Waals surface area contributed by atoms with Crippen LogP contribution in [0.5, 0.6) is 0 Å². The van der Waals surface area contributed by atoms with E-state index in [4.69, 9.17) is 0 Å². The summed E-state index contributed by atoms with van der Waals surface area (Å²) in [6.45, 7) is 0.141. The Morgan fingerprint density at radius 3 is 2.42 bits per heavy atom. The number of esters is 1. The number of hydrogen-bond acceptors (Lipinski definition) is 6. The van der Waals surface area contributed by atoms with Crippen molar-refractivity contribution < 1.29 is 19.1 Å². The summed E-state index contributed by atoms with van der Waals surface area (Å²) in [7, 11) is 1.01. The molecule has 0 radical (unpaired) electrons. The number of benzene rings is 1. The van der Waals surface area contributed by atoms with E-state index >= 15 is 0 Å². The van der Waals surface area contributed by atoms with Crippen LogP contribution in [-0.4, -0.2) is 34.2 Å². The number of aromatic amines is 1. The van der Waals surface area contributed by atoms with E-state index in [0.29, 0.717) is 0 Å². The first-order valence-corrected chi connectivity index (χ1v) is 6.94. The number of aromatic nitrogens is 2. The summed E-state index contributed by atoms with van der Waals surface area (Å²) in [5.74, 6) is -3.10. The molecule has 0 aliphatic rings. The summed E-state index contributed by atoms with van der Waals surface area (Å²) in [6.07, 6.45) is 0.278. The molecule has 0 bridgehead atoms. The van der Waals surface area contributed by atoms with Crippen LogP contribution in [0.15, 0.2) is 46.1 Å². The third-order valence-corrected chi connectivity index (χ3v) is 3.24. The van der Waals surface area contributed by atoms with Gasteiger partial charge in [-0.25, -0.2) is 9.59 Å². The highest BCUT2D eigenvalue weighted by atomic mass is 16.5. The fraction of sp³-hybridized carbons (Fsp3) is 0.188. The van der Waals surface area contributed by atoms with Gasteiger partial charge in [-0.3, -0.25) is 23.9 Å². The van der Waals surface area contributed by atoms with Gasteiger partial charge in [0.05, 0.1) is 25.6 Å². The monoisotopic (exact) mass is 330 g/mol. The van der Waals surface area contributed by atoms with Gasteiger partial charge in [0.25, 0.3) is 5.56 Å². The lowest BCUT2D eigenvalue weighted by atomic mass is 10.1. The summed E-state index contributed by atoms with van der Waals surface area (Å²) in [5, 5.41) is 0. The van der Waals surface area contributed by atoms with Crippen LogP contribution in [0.4, 0.5) is 0 Å². The standard InChI is InChI=1S/C16H14N2O6/c1-24-15(22)13(20)7-12(19)11-9-18(16(23)17-14(11)21)8-10-5-3-2-4-6-10/h2-6,9H,7-8H2,1H3,(H,17,21,23). The second-order valence-corrected chi connectivity index (χ2v) is 4.93. The van der Waals surface area contributed by atoms with E-state index in [1.54, 1.807) is 24.3 Å². The number of H-pyrrole nitrogens is 1. The van der Waals surface area contributed by atoms with Gasteiger partial charge in [-0.2, -0.15) is 0 Å². The van der Waals surface area contributed by atoms with Crippen molar-refractivity contribution in [3.05, 3.63) is 68.5 Å². The Balaban J connectivity index is 2.31. The molecule has 1 aromatic carbocycles. The number of rotatable bonds is 6. The van der Waals surface area contributed by atoms with E-state index in [1.807, 2.05) is 11.1 Å². The predicted octanol–water partition coefficient (Wildman–Crippen LogP) is -0.100. The molecule has 0 fully saturated rings. The smallest absolute Gasteiger partial charge is 0.374 e. The predicted molar refractivity (Wildman–Crippen MR) is 82.8 cm³/mol. The third kappa shape index (κ3) is 3.92. The molecule has 0 spiro atoms. The minimum atomic E-state index is -1.17. The lowest BCUT2D eigenvalue weighted by Gasteiger charge is -2.07. The molecule has 8 nitrogen and oxygen atoms in total. The van der Waals surface area contributed by atoms with Crippen molar-refractivity contribution >= 4 is 17.5 Å². The molecule has 0 unspecified atom stereocenters. The maximum absolute atomic E-state index is 12.0. The molecule has 0 atom stereocenters. The molecule has 1 heterocycles. The van der Waals surface area contributed by atoms with Crippen molar-refractivity contribution in [2.45, 2.75) is 13.0 Å². The van der Waals surface area contributed by atoms with Crippen molar-refractivity contribution in [2.24, 2.45) is 0 Å². The zero-order valence-electron chi connectivity index (χ0n) is 12.8. The minimum absolute atomic E-state index is 0.141. The van der Waals surface area contributed by atoms with E-state index in [9.17, 15) is 24.0 Å². The molecule has 1 N–H and O–H groups in total. The Hall–Kier alpha value is -3.29. The minimum Gasteiger partial charge on any atom is -0.463 e. The number of nitrogens with zero attached hydrogens (tertiary/aromatic N) is 1. The van der Waals surface area contributed by atoms with Crippen molar-refractivity contribution in [1.29, 1.82) is 0 Å². The fourth-order valence-corrected chi connectivity index (χ4v) is 2.03. The lowest BCUT2D eigenvalue weighted by Crippen LogP contribution is -2.34. The SMILES string of the molecule is COC(=O)C(=O)CC(=O)c1cn(Cc2ccccc2)c(=O)[nH]c1=O. The molecule has 2 aromatic rings. The summed E-state index contributed by atoms with van der Waals surface area (Å²) in [5.41, 5.74) is -1.18. The summed E-state index contributed by atoms with van der Waals surface area (Å²) < 4.78 is 5.36. The van der Waals surface area contributed by atoms with Crippen LogP contribution in [0, 0.1) is 0 Å². The number of nitrogens with one attached hydrogen (secondary N) is 1. The average molecular weight is 330 g/mol. The Labute approximate surface area is 135 Å². The molecule has 0 aliphatic heterocycles. The highest BCUT2D eigenvalue weighted by Crippen LogP contribution is 2.02. The first-order valence-electron chi connectivity index (χ1n) is 6.94. The Kier molecular flexibility index (Phi) is 5.20. The van der Waals surface area contributed by atoms with Crippen LogP contribution in [0.25, 0.3) is 0 Å². The first kappa shape index (κ1) is 17.1. The molecular formula is C16H14N2O6. The highest BCUT2D eigenvalue weighted by Gasteiger charge is 2.22. The molecule has 2 rings (SSSR count). The Bertz CT molecular complexity index is 895. The van der Waals surface area contributed by atoms with Crippen LogP contribution in [0.1, 0.15) is 22.3 Å². The van der Waals surface area contributed by atoms with Gasteiger partial charge in [-0.1, -0.05) is 30.3 Å². The summed E-state index contributed by atoms with van der Waals surface area (Å²) >= 11 is 0. The number of ketones is 2. The van der Waals surface area contributed by atoms with Crippen molar-refractivity contribution in [2.75, 3.05) is 7.11 Å². The zero-order valence-corrected chi connectivity index (χ0v) is 12.8. The van der Waals surface area contributed by atoms with Gasteiger partial charge >= 0.3 is 11.7 Å². The number of carbonyl (C=O) groups excluding carboxylic acids is 3. The van der Waals surface area contributed by atoms with Crippen LogP contribution in [0.3, 0.4) is 0 Å². The van der Waals surface area contributed by atoms with Gasteiger partial charge in [-0.15, -0.1) is 0 Å². The molecule has 0 aliphatic carbocycles. The Morgan fingerprint density at radius 2 is 1.79 bits per heavy atom. The summed E-state index contributed by atoms with van der Waals surface area (Å²) in [6, 6.07) is 8.94. The molecule has 124 valence electrons. The van der Waals surface area contributed by atoms with E-state index in [0.717, 1.165) is 23.4 Å². The van der Waals surface area contributed by atoms with Gasteiger partial charge < -0.3 is 4.74 Å².